The minimum atomic E-state index is -1.20. The number of ether oxygens (including phenoxy) is 1. The van der Waals surface area contributed by atoms with Gasteiger partial charge in [-0.15, -0.1) is 0 Å². The maximum atomic E-state index is 13.4. The Morgan fingerprint density at radius 2 is 1.76 bits per heavy atom. The third-order valence-electron chi connectivity index (χ3n) is 7.77. The summed E-state index contributed by atoms with van der Waals surface area (Å²) < 4.78 is 12.5. The fourth-order valence-corrected chi connectivity index (χ4v) is 5.42. The SMILES string of the molecule is Cc1noc([C@@H]2CCCN2C(=O)COc2cc(C(=O)N[C@@H](CCC(=O)O)C(=O)N3CCN(C(=O)O)CC3)nn2-c2ccccc2)n1. The second-order valence-electron chi connectivity index (χ2n) is 10.9. The van der Waals surface area contributed by atoms with Crippen molar-refractivity contribution in [2.45, 2.75) is 44.7 Å². The number of carboxylic acid groups (broad SMARTS) is 2. The number of carboxylic acids is 1. The minimum Gasteiger partial charge on any atom is -0.481 e. The number of amides is 4. The third kappa shape index (κ3) is 7.41. The van der Waals surface area contributed by atoms with E-state index in [1.807, 2.05) is 0 Å². The Balaban J connectivity index is 1.31. The van der Waals surface area contributed by atoms with Crippen LogP contribution in [0.4, 0.5) is 4.79 Å². The van der Waals surface area contributed by atoms with Gasteiger partial charge in [-0.1, -0.05) is 23.4 Å². The molecule has 0 saturated carbocycles. The van der Waals surface area contributed by atoms with Crippen molar-refractivity contribution in [2.75, 3.05) is 39.3 Å². The molecule has 17 nitrogen and oxygen atoms in total. The van der Waals surface area contributed by atoms with Crippen LogP contribution in [0.5, 0.6) is 5.88 Å². The van der Waals surface area contributed by atoms with Crippen LogP contribution in [0.2, 0.25) is 0 Å². The molecule has 46 heavy (non-hydrogen) atoms. The Bertz CT molecular complexity index is 1580. The fourth-order valence-electron chi connectivity index (χ4n) is 5.42. The summed E-state index contributed by atoms with van der Waals surface area (Å²) in [6.07, 6.45) is -0.259. The van der Waals surface area contributed by atoms with Gasteiger partial charge in [-0.2, -0.15) is 10.1 Å². The van der Waals surface area contributed by atoms with Crippen LogP contribution in [-0.2, 0) is 14.4 Å². The van der Waals surface area contributed by atoms with E-state index in [1.54, 1.807) is 42.2 Å². The summed E-state index contributed by atoms with van der Waals surface area (Å²) >= 11 is 0. The molecule has 17 heteroatoms. The lowest BCUT2D eigenvalue weighted by Gasteiger charge is -2.35. The van der Waals surface area contributed by atoms with Crippen molar-refractivity contribution in [2.24, 2.45) is 0 Å². The summed E-state index contributed by atoms with van der Waals surface area (Å²) in [5, 5.41) is 29.2. The largest absolute Gasteiger partial charge is 0.481 e. The Hall–Kier alpha value is -5.48. The smallest absolute Gasteiger partial charge is 0.407 e. The normalized spacial score (nSPS) is 17.1. The van der Waals surface area contributed by atoms with Gasteiger partial charge in [0.2, 0.25) is 17.7 Å². The highest BCUT2D eigenvalue weighted by molar-refractivity contribution is 5.96. The molecule has 3 N–H and O–H groups in total. The molecule has 2 fully saturated rings. The predicted octanol–water partition coefficient (Wildman–Crippen LogP) is 1.09. The predicted molar refractivity (Wildman–Crippen MR) is 156 cm³/mol. The van der Waals surface area contributed by atoms with Crippen molar-refractivity contribution in [1.29, 1.82) is 0 Å². The van der Waals surface area contributed by atoms with Crippen molar-refractivity contribution in [3.05, 3.63) is 53.8 Å². The van der Waals surface area contributed by atoms with Gasteiger partial charge in [0.1, 0.15) is 12.1 Å². The number of para-hydroxylation sites is 1. The van der Waals surface area contributed by atoms with Gasteiger partial charge < -0.3 is 39.5 Å². The molecule has 4 amide bonds. The zero-order chi connectivity index (χ0) is 32.8. The van der Waals surface area contributed by atoms with Crippen LogP contribution >= 0.6 is 0 Å². The molecule has 0 radical (unpaired) electrons. The fraction of sp³-hybridized carbons (Fsp3) is 0.448. The maximum absolute atomic E-state index is 13.4. The van der Waals surface area contributed by atoms with E-state index in [1.165, 1.54) is 20.5 Å². The Morgan fingerprint density at radius 3 is 2.41 bits per heavy atom. The van der Waals surface area contributed by atoms with Crippen molar-refractivity contribution < 1.29 is 43.4 Å². The van der Waals surface area contributed by atoms with Gasteiger partial charge in [0.05, 0.1) is 5.69 Å². The van der Waals surface area contributed by atoms with Gasteiger partial charge in [-0.3, -0.25) is 19.2 Å². The third-order valence-corrected chi connectivity index (χ3v) is 7.77. The zero-order valence-corrected chi connectivity index (χ0v) is 25.1. The molecule has 244 valence electrons. The highest BCUT2D eigenvalue weighted by Crippen LogP contribution is 2.31. The molecule has 1 aromatic carbocycles. The van der Waals surface area contributed by atoms with Gasteiger partial charge in [0, 0.05) is 45.2 Å². The molecule has 2 atom stereocenters. The molecule has 0 spiro atoms. The first-order valence-corrected chi connectivity index (χ1v) is 14.8. The number of likely N-dealkylation sites (tertiary alicyclic amines) is 1. The van der Waals surface area contributed by atoms with Crippen LogP contribution in [0.25, 0.3) is 5.69 Å². The number of carbonyl (C=O) groups excluding carboxylic acids is 3. The summed E-state index contributed by atoms with van der Waals surface area (Å²) in [5.74, 6) is -1.85. The van der Waals surface area contributed by atoms with Crippen LogP contribution < -0.4 is 10.1 Å². The molecule has 2 aliphatic heterocycles. The van der Waals surface area contributed by atoms with Gasteiger partial charge in [0.15, 0.2) is 18.1 Å². The van der Waals surface area contributed by atoms with Gasteiger partial charge in [0.25, 0.3) is 11.8 Å². The second-order valence-corrected chi connectivity index (χ2v) is 10.9. The first-order chi connectivity index (χ1) is 22.1. The Labute approximate surface area is 262 Å². The molecule has 3 aromatic rings. The van der Waals surface area contributed by atoms with Gasteiger partial charge >= 0.3 is 12.1 Å². The Kier molecular flexibility index (Phi) is 9.78. The average Bonchev–Trinajstić information content (AvgIpc) is 3.82. The molecular weight excluding hydrogens is 604 g/mol. The molecule has 2 aromatic heterocycles. The van der Waals surface area contributed by atoms with E-state index in [0.29, 0.717) is 30.4 Å². The van der Waals surface area contributed by atoms with Crippen LogP contribution in [0.1, 0.15) is 53.9 Å². The molecule has 0 unspecified atom stereocenters. The lowest BCUT2D eigenvalue weighted by atomic mass is 10.1. The van der Waals surface area contributed by atoms with Crippen LogP contribution in [0.3, 0.4) is 0 Å². The molecule has 5 rings (SSSR count). The monoisotopic (exact) mass is 638 g/mol. The number of nitrogens with zero attached hydrogens (tertiary/aromatic N) is 7. The highest BCUT2D eigenvalue weighted by atomic mass is 16.5. The number of benzene rings is 1. The number of hydrogen-bond acceptors (Lipinski definition) is 10. The number of carbonyl (C=O) groups is 5. The van der Waals surface area contributed by atoms with Crippen molar-refractivity contribution in [3.8, 4) is 11.6 Å². The van der Waals surface area contributed by atoms with Crippen LogP contribution in [-0.4, -0.2) is 120 Å². The van der Waals surface area contributed by atoms with E-state index >= 15 is 0 Å². The summed E-state index contributed by atoms with van der Waals surface area (Å²) in [7, 11) is 0. The molecule has 2 aliphatic rings. The number of nitrogens with one attached hydrogen (secondary N) is 1. The maximum Gasteiger partial charge on any atom is 0.407 e. The number of aromatic nitrogens is 4. The molecule has 0 aliphatic carbocycles. The number of piperazine rings is 1. The Morgan fingerprint density at radius 1 is 1.04 bits per heavy atom. The zero-order valence-electron chi connectivity index (χ0n) is 25.1. The molecular formula is C29H34N8O9. The summed E-state index contributed by atoms with van der Waals surface area (Å²) in [4.78, 5) is 71.0. The summed E-state index contributed by atoms with van der Waals surface area (Å²) in [6.45, 7) is 2.19. The van der Waals surface area contributed by atoms with E-state index in [9.17, 15) is 34.2 Å². The molecule has 2 saturated heterocycles. The number of rotatable bonds is 11. The van der Waals surface area contributed by atoms with Crippen LogP contribution in [0, 0.1) is 6.92 Å². The number of hydrogen-bond donors (Lipinski definition) is 3. The average molecular weight is 639 g/mol. The summed E-state index contributed by atoms with van der Waals surface area (Å²) in [6, 6.07) is 8.55. The van der Waals surface area contributed by atoms with E-state index < -0.39 is 29.9 Å². The molecule has 0 bridgehead atoms. The standard InChI is InChI=1S/C29H34N8O9/c1-18-30-27(46-33-18)22-8-5-11-36(22)23(38)17-45-24-16-21(32-37(24)19-6-3-2-4-7-19)26(41)31-20(9-10-25(39)40)28(42)34-12-14-35(15-13-34)29(43)44/h2-4,6-7,16,20,22H,5,8-15,17H2,1H3,(H,31,41)(H,39,40)(H,43,44)/t20-,22-/m0/s1. The van der Waals surface area contributed by atoms with E-state index in [2.05, 4.69) is 20.6 Å². The quantitative estimate of drug-likeness (QED) is 0.269. The van der Waals surface area contributed by atoms with Gasteiger partial charge in [-0.25, -0.2) is 9.48 Å². The first kappa shape index (κ1) is 31.9. The second kappa shape index (κ2) is 14.1. The number of aliphatic carboxylic acids is 1. The van der Waals surface area contributed by atoms with Crippen molar-refractivity contribution in [3.63, 3.8) is 0 Å². The molecule has 4 heterocycles. The first-order valence-electron chi connectivity index (χ1n) is 14.8. The summed E-state index contributed by atoms with van der Waals surface area (Å²) in [5.41, 5.74) is 0.412. The van der Waals surface area contributed by atoms with Crippen molar-refractivity contribution >= 4 is 29.8 Å². The lowest BCUT2D eigenvalue weighted by molar-refractivity contribution is -0.138. The number of aryl methyl sites for hydroxylation is 1. The lowest BCUT2D eigenvalue weighted by Crippen LogP contribution is -2.55. The topological polar surface area (TPSA) is 214 Å². The van der Waals surface area contributed by atoms with E-state index in [0.717, 1.165) is 6.42 Å². The minimum absolute atomic E-state index is 0.0901. The van der Waals surface area contributed by atoms with E-state index in [4.69, 9.17) is 9.26 Å². The highest BCUT2D eigenvalue weighted by Gasteiger charge is 2.35. The van der Waals surface area contributed by atoms with Crippen LogP contribution in [0.15, 0.2) is 40.9 Å². The van der Waals surface area contributed by atoms with Crippen molar-refractivity contribution in [1.82, 2.24) is 39.9 Å². The van der Waals surface area contributed by atoms with Gasteiger partial charge in [-0.05, 0) is 38.3 Å². The van der Waals surface area contributed by atoms with E-state index in [-0.39, 0.29) is 69.2 Å².